The summed E-state index contributed by atoms with van der Waals surface area (Å²) >= 11 is 0. The fourth-order valence-electron chi connectivity index (χ4n) is 12.5. The number of nitrogens with one attached hydrogen (secondary N) is 2. The van der Waals surface area contributed by atoms with Gasteiger partial charge in [-0.2, -0.15) is 52.7 Å². The van der Waals surface area contributed by atoms with Crippen LogP contribution in [-0.4, -0.2) is 178 Å². The van der Waals surface area contributed by atoms with Crippen molar-refractivity contribution in [3.8, 4) is 0 Å². The standard InChI is InChI=1S/2C29H33F6N2O8P.C7H17NO5/c2*1-19(20-14-22(28(30,31)32)16-23(15-20)29(33,34)35)44-18-27(21-6-3-2-4-7-21)11-10-26(9-8-24(38)36-26)17-37(27)25(39)43-12-5-13-45-46(40,41)42;1-8-2-4(10)6(12)7(13)5(11)3-9/h2*2-4,6-7,14-16,19H,5,8-13,17-18H2,1H3,(H,36,38)(H2,40,41,42);4-13H,2-3H2,1H3/p-1/t2*19-,26-,27-;4-,5+,6+,7+/m110/s1. The molecule has 588 valence electrons. The molecule has 4 saturated heterocycles. The van der Waals surface area contributed by atoms with Gasteiger partial charge in [-0.3, -0.25) is 23.9 Å². The van der Waals surface area contributed by atoms with E-state index in [0.717, 1.165) is 0 Å². The molecule has 2 spiro atoms. The Morgan fingerprint density at radius 3 is 1.21 bits per heavy atom. The molecule has 4 aromatic carbocycles. The third-order valence-electron chi connectivity index (χ3n) is 18.2. The summed E-state index contributed by atoms with van der Waals surface area (Å²) in [5.41, 5.74) is -9.99. The molecule has 8 rings (SSSR count). The molecule has 10 atom stereocenters. The van der Waals surface area contributed by atoms with E-state index >= 15 is 0 Å². The number of alkyl halides is 12. The van der Waals surface area contributed by atoms with Crippen molar-refractivity contribution >= 4 is 39.6 Å². The first-order chi connectivity index (χ1) is 48.7. The third kappa shape index (κ3) is 24.5. The van der Waals surface area contributed by atoms with Gasteiger partial charge in [-0.15, -0.1) is 0 Å². The second-order valence-corrected chi connectivity index (χ2v) is 28.1. The van der Waals surface area contributed by atoms with Crippen molar-refractivity contribution in [2.75, 3.05) is 72.9 Å². The smallest absolute Gasteiger partial charge is 0.469 e. The number of amides is 4. The molecule has 4 fully saturated rings. The van der Waals surface area contributed by atoms with Crippen molar-refractivity contribution < 1.29 is 159 Å². The van der Waals surface area contributed by atoms with E-state index in [1.54, 1.807) is 73.0 Å². The van der Waals surface area contributed by atoms with E-state index in [1.165, 1.54) is 23.6 Å². The minimum absolute atomic E-state index is 0.0217. The number of benzene rings is 4. The Hall–Kier alpha value is -6.58. The number of rotatable bonds is 26. The van der Waals surface area contributed by atoms with Gasteiger partial charge in [-0.25, -0.2) is 14.2 Å². The van der Waals surface area contributed by atoms with Gasteiger partial charge in [0.15, 0.2) is 0 Å². The third-order valence-corrected chi connectivity index (χ3v) is 19.2. The Morgan fingerprint density at radius 2 is 0.905 bits per heavy atom. The van der Waals surface area contributed by atoms with Crippen LogP contribution in [0.1, 0.15) is 135 Å². The summed E-state index contributed by atoms with van der Waals surface area (Å²) in [5, 5.41) is 52.4. The molecular weight excluding hydrogens is 1480 g/mol. The van der Waals surface area contributed by atoms with Crippen molar-refractivity contribution in [3.63, 3.8) is 0 Å². The van der Waals surface area contributed by atoms with E-state index in [4.69, 9.17) is 44.1 Å². The molecule has 4 aliphatic heterocycles. The number of aliphatic hydroxyl groups is 5. The highest BCUT2D eigenvalue weighted by Crippen LogP contribution is 2.49. The molecule has 4 aromatic rings. The largest absolute Gasteiger partial charge is 0.790 e. The number of ether oxygens (including phenoxy) is 4. The molecule has 4 aliphatic rings. The molecule has 0 radical (unpaired) electrons. The molecule has 0 aromatic heterocycles. The van der Waals surface area contributed by atoms with E-state index in [2.05, 4.69) is 19.7 Å². The lowest BCUT2D eigenvalue weighted by atomic mass is 9.74. The van der Waals surface area contributed by atoms with Crippen molar-refractivity contribution in [1.82, 2.24) is 20.4 Å². The summed E-state index contributed by atoms with van der Waals surface area (Å²) in [6, 6.07) is 19.3. The molecule has 4 heterocycles. The lowest BCUT2D eigenvalue weighted by molar-refractivity contribution is -0.635. The summed E-state index contributed by atoms with van der Waals surface area (Å²) in [5.74, 6) is -0.447. The van der Waals surface area contributed by atoms with Gasteiger partial charge >= 0.3 is 44.7 Å². The Labute approximate surface area is 593 Å². The fraction of sp³-hybridized carbons (Fsp3) is 0.569. The number of halogens is 12. The Kier molecular flexibility index (Phi) is 30.0. The van der Waals surface area contributed by atoms with E-state index in [0.29, 0.717) is 61.1 Å². The molecule has 40 heteroatoms. The van der Waals surface area contributed by atoms with Crippen LogP contribution < -0.4 is 25.7 Å². The normalized spacial score (nSPS) is 22.7. The van der Waals surface area contributed by atoms with Gasteiger partial charge in [0.25, 0.3) is 0 Å². The average Bonchev–Trinajstić information content (AvgIpc) is 1.71. The number of nitrogens with zero attached hydrogens (tertiary/aromatic N) is 2. The Morgan fingerprint density at radius 1 is 0.552 bits per heavy atom. The molecule has 105 heavy (non-hydrogen) atoms. The van der Waals surface area contributed by atoms with Gasteiger partial charge in [0.05, 0.1) is 118 Å². The van der Waals surface area contributed by atoms with Crippen LogP contribution in [0.2, 0.25) is 0 Å². The van der Waals surface area contributed by atoms with Gasteiger partial charge in [-0.05, 0) is 111 Å². The average molecular weight is 1560 g/mol. The maximum absolute atomic E-state index is 13.7. The topological polar surface area (TPSA) is 393 Å². The summed E-state index contributed by atoms with van der Waals surface area (Å²) in [6.07, 6.45) is -28.1. The first-order valence-electron chi connectivity index (χ1n) is 32.6. The first kappa shape index (κ1) is 87.3. The number of carbonyl (C=O) groups excluding carboxylic acids is 4. The van der Waals surface area contributed by atoms with Crippen LogP contribution in [0.3, 0.4) is 0 Å². The van der Waals surface area contributed by atoms with Crippen LogP contribution in [0.4, 0.5) is 62.3 Å². The highest BCUT2D eigenvalue weighted by Gasteiger charge is 2.56. The highest BCUT2D eigenvalue weighted by molar-refractivity contribution is 7.46. The number of carbonyl (C=O) groups is 4. The number of hydrogen-bond acceptors (Lipinski definition) is 19. The summed E-state index contributed by atoms with van der Waals surface area (Å²) in [7, 11) is -8.29. The maximum atomic E-state index is 13.7. The van der Waals surface area contributed by atoms with Crippen LogP contribution in [-0.2, 0) is 82.5 Å². The van der Waals surface area contributed by atoms with Gasteiger partial charge < -0.3 is 89.1 Å². The second-order valence-electron chi connectivity index (χ2n) is 25.7. The lowest BCUT2D eigenvalue weighted by Gasteiger charge is -2.52. The van der Waals surface area contributed by atoms with Crippen LogP contribution in [0.5, 0.6) is 0 Å². The fourth-order valence-corrected chi connectivity index (χ4v) is 13.2. The summed E-state index contributed by atoms with van der Waals surface area (Å²) < 4.78 is 215. The number of nitrogens with two attached hydrogens (primary N) is 1. The molecule has 0 bridgehead atoms. The van der Waals surface area contributed by atoms with Crippen LogP contribution in [0.25, 0.3) is 0 Å². The monoisotopic (exact) mass is 1560 g/mol. The van der Waals surface area contributed by atoms with Crippen LogP contribution in [0, 0.1) is 0 Å². The number of hydrogen-bond donors (Lipinski definition) is 10. The zero-order chi connectivity index (χ0) is 78.4. The van der Waals surface area contributed by atoms with Gasteiger partial charge in [0.2, 0.25) is 11.8 Å². The number of phosphoric ester groups is 2. The van der Waals surface area contributed by atoms with Gasteiger partial charge in [0, 0.05) is 38.8 Å². The van der Waals surface area contributed by atoms with Crippen LogP contribution in [0.15, 0.2) is 97.1 Å². The van der Waals surface area contributed by atoms with Gasteiger partial charge in [-0.1, -0.05) is 60.7 Å². The minimum atomic E-state index is -5.24. The number of quaternary nitrogens is 1. The molecule has 11 N–H and O–H groups in total. The van der Waals surface area contributed by atoms with Crippen molar-refractivity contribution in [2.24, 2.45) is 0 Å². The van der Waals surface area contributed by atoms with Crippen molar-refractivity contribution in [3.05, 3.63) is 142 Å². The molecule has 0 unspecified atom stereocenters. The van der Waals surface area contributed by atoms with Crippen LogP contribution >= 0.6 is 15.6 Å². The summed E-state index contributed by atoms with van der Waals surface area (Å²) in [6.45, 7) is -0.326. The van der Waals surface area contributed by atoms with Crippen molar-refractivity contribution in [2.45, 2.75) is 162 Å². The Bertz CT molecular complexity index is 3360. The number of likely N-dealkylation sites (N-methyl/N-ethyl adjacent to an activating group) is 1. The van der Waals surface area contributed by atoms with E-state index in [-0.39, 0.29) is 120 Å². The summed E-state index contributed by atoms with van der Waals surface area (Å²) in [4.78, 5) is 93.6. The quantitative estimate of drug-likeness (QED) is 0.0182. The molecule has 26 nitrogen and oxygen atoms in total. The Balaban J connectivity index is 0.000000282. The van der Waals surface area contributed by atoms with E-state index in [9.17, 15) is 101 Å². The number of aliphatic hydroxyl groups excluding tert-OH is 5. The first-order valence-corrected chi connectivity index (χ1v) is 35.6. The predicted octanol–water partition coefficient (Wildman–Crippen LogP) is 6.51. The number of phosphoric acid groups is 2. The predicted molar refractivity (Wildman–Crippen MR) is 337 cm³/mol. The molecule has 4 amide bonds. The van der Waals surface area contributed by atoms with E-state index in [1.807, 2.05) is 0 Å². The second kappa shape index (κ2) is 36.1. The minimum Gasteiger partial charge on any atom is -0.790 e. The SMILES string of the molecule is C[C@@H](OC[C@@]1(c2ccccc2)CC[C@]2(CCC(=O)N2)CN1C(=O)OCCCOP(=O)(O)O)c1cc(C(F)(F)F)cc(C(F)(F)F)c1.C[C@@H](OC[C@@]1(c2ccccc2)CC[C@]2(CCC(=O)N2)CN1C(=O)OCCCOP(=O)([O-])[O-])c1cc(C(F)(F)F)cc(C(F)(F)F)c1.C[NH2+]C[C@H](O)[C@@H](O)[C@H](O)[C@H](O)CO. The van der Waals surface area contributed by atoms with Gasteiger partial charge in [0.1, 0.15) is 31.0 Å². The molecular formula is C65H82F12N5O21P2-. The zero-order valence-electron chi connectivity index (χ0n) is 56.6. The molecule has 0 aliphatic carbocycles. The highest BCUT2D eigenvalue weighted by atomic mass is 31.2. The number of piperidine rings is 2. The van der Waals surface area contributed by atoms with E-state index < -0.39 is 153 Å². The zero-order valence-corrected chi connectivity index (χ0v) is 58.4. The maximum Gasteiger partial charge on any atom is 0.469 e. The molecule has 0 saturated carbocycles. The lowest BCUT2D eigenvalue weighted by Crippen LogP contribution is -2.83. The number of likely N-dealkylation sites (tertiary alicyclic amines) is 2. The van der Waals surface area contributed by atoms with Crippen molar-refractivity contribution in [1.29, 1.82) is 0 Å².